The molecule has 0 saturated heterocycles. The summed E-state index contributed by atoms with van der Waals surface area (Å²) in [4.78, 5) is 14.0. The maximum absolute atomic E-state index is 12.0. The van der Waals surface area contributed by atoms with Gasteiger partial charge < -0.3 is 10.6 Å². The predicted octanol–water partition coefficient (Wildman–Crippen LogP) is 1.43. The lowest BCUT2D eigenvalue weighted by Crippen LogP contribution is -2.51. The number of carbonyl (C=O) groups is 1. The lowest BCUT2D eigenvalue weighted by molar-refractivity contribution is -0.133. The zero-order valence-corrected chi connectivity index (χ0v) is 9.24. The molecule has 1 amide bonds. The highest BCUT2D eigenvalue weighted by molar-refractivity contribution is 5.78. The Morgan fingerprint density at radius 3 is 2.60 bits per heavy atom. The molecule has 2 fully saturated rings. The van der Waals surface area contributed by atoms with Gasteiger partial charge in [-0.3, -0.25) is 4.79 Å². The standard InChI is InChI=1S/C12H20N2O/c1-2-8-14(10-4-5-10)11(15)9-12(13)6-3-7-12/h2,10H,1,3-9,13H2. The van der Waals surface area contributed by atoms with Gasteiger partial charge in [-0.05, 0) is 32.1 Å². The lowest BCUT2D eigenvalue weighted by Gasteiger charge is -2.39. The SMILES string of the molecule is C=CCN(C(=O)CC1(N)CCC1)C1CC1. The number of hydrogen-bond acceptors (Lipinski definition) is 2. The molecule has 0 aromatic carbocycles. The van der Waals surface area contributed by atoms with Gasteiger partial charge in [0.25, 0.3) is 0 Å². The van der Waals surface area contributed by atoms with E-state index in [2.05, 4.69) is 6.58 Å². The van der Waals surface area contributed by atoms with Crippen molar-refractivity contribution >= 4 is 5.91 Å². The molecule has 0 bridgehead atoms. The Balaban J connectivity index is 1.89. The van der Waals surface area contributed by atoms with Gasteiger partial charge in [0.05, 0.1) is 0 Å². The van der Waals surface area contributed by atoms with Gasteiger partial charge in [-0.1, -0.05) is 6.08 Å². The number of carbonyl (C=O) groups excluding carboxylic acids is 1. The van der Waals surface area contributed by atoms with E-state index in [1.165, 1.54) is 6.42 Å². The first-order valence-electron chi connectivity index (χ1n) is 5.84. The van der Waals surface area contributed by atoms with Gasteiger partial charge in [0.15, 0.2) is 0 Å². The molecule has 0 aromatic rings. The van der Waals surface area contributed by atoms with Crippen LogP contribution in [0.2, 0.25) is 0 Å². The van der Waals surface area contributed by atoms with Crippen molar-refractivity contribution in [3.8, 4) is 0 Å². The zero-order chi connectivity index (χ0) is 10.9. The minimum atomic E-state index is -0.189. The van der Waals surface area contributed by atoms with Gasteiger partial charge in [-0.2, -0.15) is 0 Å². The average Bonchev–Trinajstić information content (AvgIpc) is 2.94. The van der Waals surface area contributed by atoms with Crippen molar-refractivity contribution in [3.05, 3.63) is 12.7 Å². The summed E-state index contributed by atoms with van der Waals surface area (Å²) in [5.41, 5.74) is 5.90. The fourth-order valence-electron chi connectivity index (χ4n) is 2.19. The molecule has 0 spiro atoms. The highest BCUT2D eigenvalue weighted by atomic mass is 16.2. The number of nitrogens with zero attached hydrogens (tertiary/aromatic N) is 1. The molecule has 0 unspecified atom stereocenters. The first-order chi connectivity index (χ1) is 7.14. The summed E-state index contributed by atoms with van der Waals surface area (Å²) in [6, 6.07) is 0.471. The molecule has 0 aromatic heterocycles. The molecule has 3 heteroatoms. The monoisotopic (exact) mass is 208 g/mol. The molecule has 2 rings (SSSR count). The second kappa shape index (κ2) is 3.97. The van der Waals surface area contributed by atoms with Crippen molar-refractivity contribution < 1.29 is 4.79 Å². The zero-order valence-electron chi connectivity index (χ0n) is 9.24. The summed E-state index contributed by atoms with van der Waals surface area (Å²) >= 11 is 0. The van der Waals surface area contributed by atoms with Crippen LogP contribution in [0.1, 0.15) is 38.5 Å². The van der Waals surface area contributed by atoms with Crippen molar-refractivity contribution in [3.63, 3.8) is 0 Å². The summed E-state index contributed by atoms with van der Waals surface area (Å²) in [6.45, 7) is 4.38. The summed E-state index contributed by atoms with van der Waals surface area (Å²) in [5, 5.41) is 0. The first-order valence-corrected chi connectivity index (χ1v) is 5.84. The molecule has 2 aliphatic carbocycles. The van der Waals surface area contributed by atoms with E-state index in [-0.39, 0.29) is 11.4 Å². The molecule has 0 aliphatic heterocycles. The number of amides is 1. The fourth-order valence-corrected chi connectivity index (χ4v) is 2.19. The molecule has 0 radical (unpaired) electrons. The van der Waals surface area contributed by atoms with Crippen LogP contribution < -0.4 is 5.73 Å². The van der Waals surface area contributed by atoms with E-state index in [1.54, 1.807) is 6.08 Å². The van der Waals surface area contributed by atoms with E-state index in [1.807, 2.05) is 4.90 Å². The van der Waals surface area contributed by atoms with Gasteiger partial charge in [-0.25, -0.2) is 0 Å². The third-order valence-electron chi connectivity index (χ3n) is 3.49. The molecule has 2 saturated carbocycles. The lowest BCUT2D eigenvalue weighted by atomic mass is 9.75. The van der Waals surface area contributed by atoms with Crippen LogP contribution in [0.15, 0.2) is 12.7 Å². The summed E-state index contributed by atoms with van der Waals surface area (Å²) < 4.78 is 0. The highest BCUT2D eigenvalue weighted by Crippen LogP contribution is 2.34. The Kier molecular flexibility index (Phi) is 2.83. The topological polar surface area (TPSA) is 46.3 Å². The van der Waals surface area contributed by atoms with Crippen molar-refractivity contribution in [2.45, 2.75) is 50.1 Å². The maximum Gasteiger partial charge on any atom is 0.224 e. The number of nitrogens with two attached hydrogens (primary N) is 1. The number of hydrogen-bond donors (Lipinski definition) is 1. The molecule has 3 nitrogen and oxygen atoms in total. The fraction of sp³-hybridized carbons (Fsp3) is 0.750. The van der Waals surface area contributed by atoms with Gasteiger partial charge in [0, 0.05) is 24.5 Å². The third-order valence-corrected chi connectivity index (χ3v) is 3.49. The molecule has 84 valence electrons. The molecule has 2 N–H and O–H groups in total. The Morgan fingerprint density at radius 1 is 1.53 bits per heavy atom. The minimum Gasteiger partial charge on any atom is -0.336 e. The Morgan fingerprint density at radius 2 is 2.20 bits per heavy atom. The average molecular weight is 208 g/mol. The summed E-state index contributed by atoms with van der Waals surface area (Å²) in [6.07, 6.45) is 7.82. The van der Waals surface area contributed by atoms with Crippen LogP contribution in [0.4, 0.5) is 0 Å². The molecular weight excluding hydrogens is 188 g/mol. The molecule has 0 atom stereocenters. The predicted molar refractivity (Wildman–Crippen MR) is 60.3 cm³/mol. The van der Waals surface area contributed by atoms with Crippen LogP contribution in [0.3, 0.4) is 0 Å². The number of rotatable bonds is 5. The van der Waals surface area contributed by atoms with E-state index in [4.69, 9.17) is 5.73 Å². The Bertz CT molecular complexity index is 267. The van der Waals surface area contributed by atoms with E-state index < -0.39 is 0 Å². The van der Waals surface area contributed by atoms with Crippen LogP contribution in [0.25, 0.3) is 0 Å². The van der Waals surface area contributed by atoms with Crippen molar-refractivity contribution in [2.24, 2.45) is 5.73 Å². The Labute approximate surface area is 91.3 Å². The van der Waals surface area contributed by atoms with Crippen molar-refractivity contribution in [1.29, 1.82) is 0 Å². The minimum absolute atomic E-state index is 0.189. The van der Waals surface area contributed by atoms with E-state index >= 15 is 0 Å². The van der Waals surface area contributed by atoms with Gasteiger partial charge >= 0.3 is 0 Å². The quantitative estimate of drug-likeness (QED) is 0.695. The molecule has 15 heavy (non-hydrogen) atoms. The maximum atomic E-state index is 12.0. The van der Waals surface area contributed by atoms with Crippen LogP contribution in [0.5, 0.6) is 0 Å². The Hall–Kier alpha value is -0.830. The second-order valence-electron chi connectivity index (χ2n) is 4.96. The van der Waals surface area contributed by atoms with Gasteiger partial charge in [-0.15, -0.1) is 6.58 Å². The van der Waals surface area contributed by atoms with Crippen molar-refractivity contribution in [1.82, 2.24) is 4.90 Å². The van der Waals surface area contributed by atoms with Crippen LogP contribution in [0, 0.1) is 0 Å². The van der Waals surface area contributed by atoms with E-state index in [9.17, 15) is 4.79 Å². The largest absolute Gasteiger partial charge is 0.336 e. The normalized spacial score (nSPS) is 23.0. The summed E-state index contributed by atoms with van der Waals surface area (Å²) in [7, 11) is 0. The van der Waals surface area contributed by atoms with Crippen molar-refractivity contribution in [2.75, 3.05) is 6.54 Å². The smallest absolute Gasteiger partial charge is 0.224 e. The second-order valence-corrected chi connectivity index (χ2v) is 4.96. The molecule has 0 heterocycles. The molecule has 2 aliphatic rings. The highest BCUT2D eigenvalue weighted by Gasteiger charge is 2.39. The van der Waals surface area contributed by atoms with Crippen LogP contribution in [-0.4, -0.2) is 28.9 Å². The van der Waals surface area contributed by atoms with Gasteiger partial charge in [0.2, 0.25) is 5.91 Å². The van der Waals surface area contributed by atoms with E-state index in [0.717, 1.165) is 25.7 Å². The van der Waals surface area contributed by atoms with Crippen LogP contribution in [-0.2, 0) is 4.79 Å². The molecular formula is C12H20N2O. The van der Waals surface area contributed by atoms with Crippen LogP contribution >= 0.6 is 0 Å². The first kappa shape index (κ1) is 10.7. The van der Waals surface area contributed by atoms with E-state index in [0.29, 0.717) is 19.0 Å². The summed E-state index contributed by atoms with van der Waals surface area (Å²) in [5.74, 6) is 0.222. The third kappa shape index (κ3) is 2.40. The van der Waals surface area contributed by atoms with Gasteiger partial charge in [0.1, 0.15) is 0 Å².